The van der Waals surface area contributed by atoms with Crippen LogP contribution in [0.2, 0.25) is 0 Å². The molecular formula is C17H21N3O2. The molecule has 1 aromatic carbocycles. The van der Waals surface area contributed by atoms with Gasteiger partial charge in [-0.1, -0.05) is 37.3 Å². The van der Waals surface area contributed by atoms with E-state index in [0.717, 1.165) is 31.5 Å². The lowest BCUT2D eigenvalue weighted by Gasteiger charge is -2.30. The van der Waals surface area contributed by atoms with E-state index >= 15 is 0 Å². The number of nitrogens with one attached hydrogen (secondary N) is 1. The highest BCUT2D eigenvalue weighted by molar-refractivity contribution is 5.92. The summed E-state index contributed by atoms with van der Waals surface area (Å²) in [5.74, 6) is 0.614. The molecule has 0 spiro atoms. The number of carbonyl (C=O) groups is 1. The number of H-pyrrole nitrogens is 1. The lowest BCUT2D eigenvalue weighted by atomic mass is 9.99. The Morgan fingerprint density at radius 3 is 2.59 bits per heavy atom. The largest absolute Gasteiger partial charge is 0.337 e. The third-order valence-electron chi connectivity index (χ3n) is 4.34. The molecule has 0 unspecified atom stereocenters. The lowest BCUT2D eigenvalue weighted by Crippen LogP contribution is -2.39. The number of likely N-dealkylation sites (tertiary alicyclic amines) is 1. The summed E-state index contributed by atoms with van der Waals surface area (Å²) in [7, 11) is 0. The molecule has 1 N–H and O–H groups in total. The first-order valence-corrected chi connectivity index (χ1v) is 7.76. The minimum absolute atomic E-state index is 0.0545. The van der Waals surface area contributed by atoms with Crippen LogP contribution in [0.25, 0.3) is 0 Å². The average molecular weight is 299 g/mol. The number of imidazole rings is 1. The Bertz CT molecular complexity index is 694. The van der Waals surface area contributed by atoms with Crippen molar-refractivity contribution in [3.8, 4) is 0 Å². The number of piperidine rings is 1. The molecule has 1 aliphatic rings. The first-order valence-electron chi connectivity index (χ1n) is 7.76. The number of benzene rings is 1. The zero-order chi connectivity index (χ0) is 15.5. The first-order chi connectivity index (χ1) is 10.6. The molecule has 1 aromatic heterocycles. The summed E-state index contributed by atoms with van der Waals surface area (Å²) in [5, 5.41) is 0. The van der Waals surface area contributed by atoms with Crippen molar-refractivity contribution >= 4 is 5.91 Å². The van der Waals surface area contributed by atoms with Crippen LogP contribution >= 0.6 is 0 Å². The van der Waals surface area contributed by atoms with Crippen molar-refractivity contribution in [2.24, 2.45) is 5.92 Å². The zero-order valence-corrected chi connectivity index (χ0v) is 12.8. The van der Waals surface area contributed by atoms with E-state index in [0.29, 0.717) is 18.2 Å². The molecule has 0 bridgehead atoms. The van der Waals surface area contributed by atoms with Crippen LogP contribution in [0, 0.1) is 5.92 Å². The molecule has 2 heterocycles. The van der Waals surface area contributed by atoms with Gasteiger partial charge in [-0.3, -0.25) is 9.36 Å². The van der Waals surface area contributed by atoms with Gasteiger partial charge in [-0.25, -0.2) is 4.79 Å². The van der Waals surface area contributed by atoms with Crippen molar-refractivity contribution in [1.29, 1.82) is 0 Å². The van der Waals surface area contributed by atoms with Crippen LogP contribution in [0.3, 0.4) is 0 Å². The highest BCUT2D eigenvalue weighted by atomic mass is 16.2. The van der Waals surface area contributed by atoms with E-state index in [-0.39, 0.29) is 11.6 Å². The van der Waals surface area contributed by atoms with Gasteiger partial charge in [-0.05, 0) is 24.3 Å². The Kier molecular flexibility index (Phi) is 4.13. The highest BCUT2D eigenvalue weighted by Crippen LogP contribution is 2.18. The van der Waals surface area contributed by atoms with Gasteiger partial charge in [0.05, 0.1) is 6.54 Å². The van der Waals surface area contributed by atoms with Gasteiger partial charge in [0.25, 0.3) is 5.91 Å². The minimum atomic E-state index is -0.238. The predicted molar refractivity (Wildman–Crippen MR) is 84.9 cm³/mol. The fourth-order valence-electron chi connectivity index (χ4n) is 2.87. The molecular weight excluding hydrogens is 278 g/mol. The predicted octanol–water partition coefficient (Wildman–Crippen LogP) is 2.10. The second-order valence-electron chi connectivity index (χ2n) is 6.03. The standard InChI is InChI=1S/C17H21N3O2/c1-13-7-9-19(10-8-13)16(21)15-11-18-17(22)20(15)12-14-5-3-2-4-6-14/h2-6,11,13H,7-10,12H2,1H3,(H,18,22). The molecule has 0 aliphatic carbocycles. The van der Waals surface area contributed by atoms with Crippen molar-refractivity contribution in [3.63, 3.8) is 0 Å². The van der Waals surface area contributed by atoms with E-state index in [9.17, 15) is 9.59 Å². The Morgan fingerprint density at radius 1 is 1.23 bits per heavy atom. The molecule has 5 nitrogen and oxygen atoms in total. The summed E-state index contributed by atoms with van der Waals surface area (Å²) in [6.45, 7) is 4.16. The van der Waals surface area contributed by atoms with Crippen LogP contribution in [0.1, 0.15) is 35.8 Å². The van der Waals surface area contributed by atoms with Crippen molar-refractivity contribution in [2.75, 3.05) is 13.1 Å². The number of nitrogens with zero attached hydrogens (tertiary/aromatic N) is 2. The summed E-state index contributed by atoms with van der Waals surface area (Å²) in [6.07, 6.45) is 3.59. The van der Waals surface area contributed by atoms with Gasteiger partial charge < -0.3 is 9.88 Å². The van der Waals surface area contributed by atoms with Crippen LogP contribution in [0.5, 0.6) is 0 Å². The van der Waals surface area contributed by atoms with Gasteiger partial charge in [0, 0.05) is 19.3 Å². The number of amides is 1. The van der Waals surface area contributed by atoms with E-state index in [4.69, 9.17) is 0 Å². The molecule has 1 aliphatic heterocycles. The zero-order valence-electron chi connectivity index (χ0n) is 12.8. The van der Waals surface area contributed by atoms with Gasteiger partial charge in [-0.15, -0.1) is 0 Å². The van der Waals surface area contributed by atoms with Gasteiger partial charge in [0.2, 0.25) is 0 Å². The van der Waals surface area contributed by atoms with Crippen LogP contribution in [-0.4, -0.2) is 33.4 Å². The Hall–Kier alpha value is -2.30. The van der Waals surface area contributed by atoms with E-state index in [1.807, 2.05) is 35.2 Å². The molecule has 22 heavy (non-hydrogen) atoms. The van der Waals surface area contributed by atoms with Crippen LogP contribution in [0.4, 0.5) is 0 Å². The Labute approximate surface area is 129 Å². The summed E-state index contributed by atoms with van der Waals surface area (Å²) >= 11 is 0. The normalized spacial score (nSPS) is 16.0. The molecule has 116 valence electrons. The van der Waals surface area contributed by atoms with Crippen molar-refractivity contribution in [3.05, 3.63) is 58.3 Å². The SMILES string of the molecule is CC1CCN(C(=O)c2c[nH]c(=O)n2Cc2ccccc2)CC1. The topological polar surface area (TPSA) is 58.1 Å². The van der Waals surface area contributed by atoms with Gasteiger partial charge in [0.1, 0.15) is 5.69 Å². The fourth-order valence-corrected chi connectivity index (χ4v) is 2.87. The summed E-state index contributed by atoms with van der Waals surface area (Å²) in [6, 6.07) is 9.71. The maximum absolute atomic E-state index is 12.7. The number of hydrogen-bond donors (Lipinski definition) is 1. The minimum Gasteiger partial charge on any atom is -0.337 e. The fraction of sp³-hybridized carbons (Fsp3) is 0.412. The Balaban J connectivity index is 1.82. The lowest BCUT2D eigenvalue weighted by molar-refractivity contribution is 0.0686. The molecule has 0 atom stereocenters. The summed E-state index contributed by atoms with van der Waals surface area (Å²) in [5.41, 5.74) is 1.21. The summed E-state index contributed by atoms with van der Waals surface area (Å²) < 4.78 is 1.52. The third kappa shape index (κ3) is 2.98. The number of rotatable bonds is 3. The van der Waals surface area contributed by atoms with Crippen LogP contribution in [-0.2, 0) is 6.54 Å². The molecule has 5 heteroatoms. The van der Waals surface area contributed by atoms with E-state index in [1.54, 1.807) is 0 Å². The Morgan fingerprint density at radius 2 is 1.91 bits per heavy atom. The number of aromatic nitrogens is 2. The van der Waals surface area contributed by atoms with Crippen LogP contribution < -0.4 is 5.69 Å². The third-order valence-corrected chi connectivity index (χ3v) is 4.34. The maximum Gasteiger partial charge on any atom is 0.326 e. The molecule has 1 fully saturated rings. The maximum atomic E-state index is 12.7. The quantitative estimate of drug-likeness (QED) is 0.943. The highest BCUT2D eigenvalue weighted by Gasteiger charge is 2.24. The molecule has 0 saturated carbocycles. The number of hydrogen-bond acceptors (Lipinski definition) is 2. The second kappa shape index (κ2) is 6.22. The number of carbonyl (C=O) groups excluding carboxylic acids is 1. The van der Waals surface area contributed by atoms with E-state index < -0.39 is 0 Å². The van der Waals surface area contributed by atoms with Gasteiger partial charge in [-0.2, -0.15) is 0 Å². The smallest absolute Gasteiger partial charge is 0.326 e. The average Bonchev–Trinajstić information content (AvgIpc) is 2.89. The van der Waals surface area contributed by atoms with Crippen LogP contribution in [0.15, 0.2) is 41.3 Å². The van der Waals surface area contributed by atoms with E-state index in [2.05, 4.69) is 11.9 Å². The molecule has 1 amide bonds. The molecule has 3 rings (SSSR count). The van der Waals surface area contributed by atoms with Crippen molar-refractivity contribution < 1.29 is 4.79 Å². The first kappa shape index (κ1) is 14.6. The molecule has 1 saturated heterocycles. The molecule has 2 aromatic rings. The summed E-state index contributed by atoms with van der Waals surface area (Å²) in [4.78, 5) is 29.2. The van der Waals surface area contributed by atoms with Gasteiger partial charge >= 0.3 is 5.69 Å². The number of aromatic amines is 1. The second-order valence-corrected chi connectivity index (χ2v) is 6.03. The van der Waals surface area contributed by atoms with Gasteiger partial charge in [0.15, 0.2) is 0 Å². The van der Waals surface area contributed by atoms with Crippen molar-refractivity contribution in [2.45, 2.75) is 26.3 Å². The van der Waals surface area contributed by atoms with Crippen molar-refractivity contribution in [1.82, 2.24) is 14.5 Å². The monoisotopic (exact) mass is 299 g/mol. The molecule has 0 radical (unpaired) electrons. The van der Waals surface area contributed by atoms with E-state index in [1.165, 1.54) is 10.8 Å².